The van der Waals surface area contributed by atoms with E-state index >= 15 is 0 Å². The maximum absolute atomic E-state index is 12.1. The molecule has 3 rings (SSSR count). The molecule has 0 bridgehead atoms. The van der Waals surface area contributed by atoms with Crippen molar-refractivity contribution in [2.75, 3.05) is 12.8 Å². The molecule has 0 saturated heterocycles. The van der Waals surface area contributed by atoms with Crippen LogP contribution in [0.15, 0.2) is 53.0 Å². The van der Waals surface area contributed by atoms with Gasteiger partial charge in [0.1, 0.15) is 0 Å². The number of ether oxygens (including phenoxy) is 1. The van der Waals surface area contributed by atoms with Gasteiger partial charge in [0.05, 0.1) is 23.9 Å². The van der Waals surface area contributed by atoms with Crippen molar-refractivity contribution in [2.24, 2.45) is 0 Å². The van der Waals surface area contributed by atoms with Crippen LogP contribution in [0.1, 0.15) is 10.4 Å². The number of hydrogen-bond acceptors (Lipinski definition) is 4. The van der Waals surface area contributed by atoms with Gasteiger partial charge in [-0.3, -0.25) is 0 Å². The Kier molecular flexibility index (Phi) is 3.81. The molecule has 0 aliphatic heterocycles. The van der Waals surface area contributed by atoms with E-state index in [0.717, 1.165) is 10.0 Å². The Labute approximate surface area is 136 Å². The van der Waals surface area contributed by atoms with E-state index in [1.165, 1.54) is 7.11 Å². The van der Waals surface area contributed by atoms with E-state index in [-0.39, 0.29) is 0 Å². The monoisotopic (exact) mass is 356 g/mol. The molecule has 1 heterocycles. The summed E-state index contributed by atoms with van der Waals surface area (Å²) in [6, 6.07) is 14.8. The summed E-state index contributed by atoms with van der Waals surface area (Å²) < 4.78 is 5.86. The number of carbonyl (C=O) groups excluding carboxylic acids is 1. The first kappa shape index (κ1) is 14.5. The first-order chi connectivity index (χ1) is 10.6. The first-order valence-corrected chi connectivity index (χ1v) is 7.42. The number of methoxy groups -OCH3 is 1. The zero-order chi connectivity index (χ0) is 15.7. The molecule has 0 aliphatic carbocycles. The Morgan fingerprint density at radius 2 is 1.86 bits per heavy atom. The van der Waals surface area contributed by atoms with Crippen molar-refractivity contribution in [3.05, 3.63) is 58.6 Å². The molecule has 0 aliphatic rings. The molecule has 0 saturated carbocycles. The van der Waals surface area contributed by atoms with Crippen LogP contribution in [-0.2, 0) is 4.74 Å². The van der Waals surface area contributed by atoms with Crippen LogP contribution in [0.2, 0.25) is 0 Å². The zero-order valence-corrected chi connectivity index (χ0v) is 13.4. The van der Waals surface area contributed by atoms with Gasteiger partial charge in [0.15, 0.2) is 0 Å². The van der Waals surface area contributed by atoms with Crippen LogP contribution in [-0.4, -0.2) is 18.1 Å². The molecule has 0 spiro atoms. The fourth-order valence-electron chi connectivity index (χ4n) is 2.29. The van der Waals surface area contributed by atoms with Crippen molar-refractivity contribution in [3.8, 4) is 11.3 Å². The third kappa shape index (κ3) is 2.67. The third-order valence-corrected chi connectivity index (χ3v) is 3.91. The quantitative estimate of drug-likeness (QED) is 0.556. The Morgan fingerprint density at radius 1 is 1.14 bits per heavy atom. The van der Waals surface area contributed by atoms with E-state index in [1.54, 1.807) is 24.3 Å². The summed E-state index contributed by atoms with van der Waals surface area (Å²) in [6.07, 6.45) is 0. The van der Waals surface area contributed by atoms with Gasteiger partial charge in [-0.15, -0.1) is 0 Å². The number of benzene rings is 2. The number of esters is 1. The van der Waals surface area contributed by atoms with Gasteiger partial charge in [0, 0.05) is 21.1 Å². The van der Waals surface area contributed by atoms with Crippen molar-refractivity contribution >= 4 is 38.5 Å². The average molecular weight is 357 g/mol. The number of nitrogens with zero attached hydrogens (tertiary/aromatic N) is 1. The van der Waals surface area contributed by atoms with Crippen LogP contribution < -0.4 is 5.73 Å². The van der Waals surface area contributed by atoms with Crippen molar-refractivity contribution in [2.45, 2.75) is 0 Å². The number of nitrogen functional groups attached to an aromatic ring is 1. The predicted molar refractivity (Wildman–Crippen MR) is 90.6 cm³/mol. The highest BCUT2D eigenvalue weighted by Gasteiger charge is 2.14. The molecule has 2 aromatic carbocycles. The van der Waals surface area contributed by atoms with Gasteiger partial charge < -0.3 is 10.5 Å². The van der Waals surface area contributed by atoms with E-state index < -0.39 is 5.97 Å². The van der Waals surface area contributed by atoms with E-state index in [2.05, 4.69) is 20.9 Å². The summed E-state index contributed by atoms with van der Waals surface area (Å²) in [5, 5.41) is 0.688. The van der Waals surface area contributed by atoms with Crippen molar-refractivity contribution in [1.82, 2.24) is 4.98 Å². The number of pyridine rings is 1. The highest BCUT2D eigenvalue weighted by atomic mass is 79.9. The SMILES string of the molecule is COC(=O)c1cc(-c2ccc(Br)cc2)nc2ccc(N)cc12. The number of nitrogens with two attached hydrogens (primary N) is 1. The molecule has 0 amide bonds. The van der Waals surface area contributed by atoms with Crippen LogP contribution in [0.25, 0.3) is 22.2 Å². The van der Waals surface area contributed by atoms with Crippen LogP contribution in [0.3, 0.4) is 0 Å². The van der Waals surface area contributed by atoms with E-state index in [9.17, 15) is 4.79 Å². The zero-order valence-electron chi connectivity index (χ0n) is 11.8. The van der Waals surface area contributed by atoms with Crippen LogP contribution >= 0.6 is 15.9 Å². The van der Waals surface area contributed by atoms with E-state index in [4.69, 9.17) is 10.5 Å². The van der Waals surface area contributed by atoms with Crippen LogP contribution in [0, 0.1) is 0 Å². The second kappa shape index (κ2) is 5.77. The Morgan fingerprint density at radius 3 is 2.55 bits per heavy atom. The summed E-state index contributed by atoms with van der Waals surface area (Å²) in [4.78, 5) is 16.7. The maximum Gasteiger partial charge on any atom is 0.338 e. The smallest absolute Gasteiger partial charge is 0.338 e. The van der Waals surface area contributed by atoms with Gasteiger partial charge in [0.2, 0.25) is 0 Å². The normalized spacial score (nSPS) is 10.6. The lowest BCUT2D eigenvalue weighted by Gasteiger charge is -2.09. The highest BCUT2D eigenvalue weighted by molar-refractivity contribution is 9.10. The molecule has 2 N–H and O–H groups in total. The lowest BCUT2D eigenvalue weighted by Crippen LogP contribution is -2.04. The average Bonchev–Trinajstić information content (AvgIpc) is 2.54. The summed E-state index contributed by atoms with van der Waals surface area (Å²) >= 11 is 3.41. The maximum atomic E-state index is 12.1. The number of carbonyl (C=O) groups is 1. The lowest BCUT2D eigenvalue weighted by molar-refractivity contribution is 0.0603. The second-order valence-electron chi connectivity index (χ2n) is 4.83. The first-order valence-electron chi connectivity index (χ1n) is 6.63. The molecule has 0 unspecified atom stereocenters. The molecular formula is C17H13BrN2O2. The summed E-state index contributed by atoms with van der Waals surface area (Å²) in [5.74, 6) is -0.406. The number of aromatic nitrogens is 1. The van der Waals surface area contributed by atoms with Crippen LogP contribution in [0.4, 0.5) is 5.69 Å². The van der Waals surface area contributed by atoms with Gasteiger partial charge >= 0.3 is 5.97 Å². The molecule has 22 heavy (non-hydrogen) atoms. The fraction of sp³-hybridized carbons (Fsp3) is 0.0588. The minimum Gasteiger partial charge on any atom is -0.465 e. The topological polar surface area (TPSA) is 65.2 Å². The highest BCUT2D eigenvalue weighted by Crippen LogP contribution is 2.27. The third-order valence-electron chi connectivity index (χ3n) is 3.38. The van der Waals surface area contributed by atoms with Gasteiger partial charge in [-0.25, -0.2) is 9.78 Å². The Bertz CT molecular complexity index is 860. The largest absolute Gasteiger partial charge is 0.465 e. The van der Waals surface area contributed by atoms with Gasteiger partial charge in [0.25, 0.3) is 0 Å². The molecule has 110 valence electrons. The molecule has 3 aromatic rings. The van der Waals surface area contributed by atoms with Gasteiger partial charge in [-0.1, -0.05) is 28.1 Å². The van der Waals surface area contributed by atoms with Crippen LogP contribution in [0.5, 0.6) is 0 Å². The number of fused-ring (bicyclic) bond motifs is 1. The summed E-state index contributed by atoms with van der Waals surface area (Å²) in [7, 11) is 1.36. The number of hydrogen-bond donors (Lipinski definition) is 1. The van der Waals surface area contributed by atoms with E-state index in [1.807, 2.05) is 24.3 Å². The molecule has 0 atom stereocenters. The minimum atomic E-state index is -0.406. The van der Waals surface area contributed by atoms with Crippen molar-refractivity contribution in [1.29, 1.82) is 0 Å². The summed E-state index contributed by atoms with van der Waals surface area (Å²) in [5.41, 5.74) is 9.19. The standard InChI is InChI=1S/C17H13BrN2O2/c1-22-17(21)14-9-16(10-2-4-11(18)5-3-10)20-15-7-6-12(19)8-13(14)15/h2-9H,19H2,1H3. The molecular weight excluding hydrogens is 344 g/mol. The number of rotatable bonds is 2. The predicted octanol–water partition coefficient (Wildman–Crippen LogP) is 4.03. The van der Waals surface area contributed by atoms with E-state index in [0.29, 0.717) is 27.8 Å². The molecule has 1 aromatic heterocycles. The Hall–Kier alpha value is -2.40. The second-order valence-corrected chi connectivity index (χ2v) is 5.75. The molecule has 5 heteroatoms. The number of halogens is 1. The van der Waals surface area contributed by atoms with Gasteiger partial charge in [-0.05, 0) is 36.4 Å². The molecule has 0 radical (unpaired) electrons. The summed E-state index contributed by atoms with van der Waals surface area (Å²) in [6.45, 7) is 0. The minimum absolute atomic E-state index is 0.406. The molecule has 4 nitrogen and oxygen atoms in total. The fourth-order valence-corrected chi connectivity index (χ4v) is 2.56. The van der Waals surface area contributed by atoms with Crippen molar-refractivity contribution in [3.63, 3.8) is 0 Å². The van der Waals surface area contributed by atoms with Crippen molar-refractivity contribution < 1.29 is 9.53 Å². The molecule has 0 fully saturated rings. The lowest BCUT2D eigenvalue weighted by atomic mass is 10.0. The van der Waals surface area contributed by atoms with Gasteiger partial charge in [-0.2, -0.15) is 0 Å². The Balaban J connectivity index is 2.26. The number of anilines is 1.